The van der Waals surface area contributed by atoms with E-state index >= 15 is 0 Å². The molecule has 1 aromatic heterocycles. The highest BCUT2D eigenvalue weighted by atomic mass is 16.4. The van der Waals surface area contributed by atoms with Crippen molar-refractivity contribution in [2.45, 2.75) is 70.9 Å². The summed E-state index contributed by atoms with van der Waals surface area (Å²) in [4.78, 5) is 42.1. The van der Waals surface area contributed by atoms with E-state index in [1.54, 1.807) is 13.8 Å². The molecule has 2 atom stereocenters. The van der Waals surface area contributed by atoms with Crippen LogP contribution in [0.15, 0.2) is 30.5 Å². The third kappa shape index (κ3) is 4.21. The van der Waals surface area contributed by atoms with Crippen molar-refractivity contribution in [2.75, 3.05) is 0 Å². The molecule has 0 aliphatic heterocycles. The first-order valence-corrected chi connectivity index (χ1v) is 12.6. The molecule has 4 bridgehead atoms. The number of carbonyl (C=O) groups excluding carboxylic acids is 2. The van der Waals surface area contributed by atoms with Crippen LogP contribution in [0.2, 0.25) is 0 Å². The minimum atomic E-state index is -1.07. The summed E-state index contributed by atoms with van der Waals surface area (Å²) in [6.45, 7) is 3.53. The number of carbonyl (C=O) groups is 3. The number of H-pyrrole nitrogens is 1. The van der Waals surface area contributed by atoms with Gasteiger partial charge in [-0.3, -0.25) is 9.59 Å². The lowest BCUT2D eigenvalue weighted by Crippen LogP contribution is -2.59. The Morgan fingerprint density at radius 1 is 1.03 bits per heavy atom. The fourth-order valence-corrected chi connectivity index (χ4v) is 7.20. The summed E-state index contributed by atoms with van der Waals surface area (Å²) in [6.07, 6.45) is 8.63. The van der Waals surface area contributed by atoms with Gasteiger partial charge in [-0.25, -0.2) is 4.79 Å². The van der Waals surface area contributed by atoms with Gasteiger partial charge in [-0.05, 0) is 73.8 Å². The zero-order valence-corrected chi connectivity index (χ0v) is 20.0. The molecule has 0 radical (unpaired) electrons. The average molecular weight is 466 g/mol. The third-order valence-corrected chi connectivity index (χ3v) is 8.47. The number of rotatable bonds is 8. The van der Waals surface area contributed by atoms with E-state index in [1.165, 1.54) is 19.3 Å². The maximum Gasteiger partial charge on any atom is 0.326 e. The van der Waals surface area contributed by atoms with E-state index in [-0.39, 0.29) is 17.2 Å². The Morgan fingerprint density at radius 3 is 2.24 bits per heavy atom. The van der Waals surface area contributed by atoms with Crippen LogP contribution in [0.3, 0.4) is 0 Å². The standard InChI is InChI=1S/C27H35N3O4/c1-15(2)23(25(32)33)30-24(31)22(10-19-14-28-21-6-4-3-5-20(19)21)29-26(34)27-11-16-7-17(12-27)9-18(8-16)13-27/h3-6,14-18,22-23,28H,7-13H2,1-2H3,(H,29,34)(H,30,31)(H,32,33)/t16?,17?,18?,22-,23-,27?/m1/s1. The molecule has 1 heterocycles. The van der Waals surface area contributed by atoms with Gasteiger partial charge in [-0.1, -0.05) is 32.0 Å². The first kappa shape index (κ1) is 22.9. The normalized spacial score (nSPS) is 29.2. The fourth-order valence-electron chi connectivity index (χ4n) is 7.20. The zero-order chi connectivity index (χ0) is 24.0. The van der Waals surface area contributed by atoms with E-state index in [0.29, 0.717) is 24.2 Å². The van der Waals surface area contributed by atoms with Gasteiger partial charge in [0, 0.05) is 28.9 Å². The van der Waals surface area contributed by atoms with Crippen LogP contribution < -0.4 is 10.6 Å². The van der Waals surface area contributed by atoms with Crippen molar-refractivity contribution in [3.8, 4) is 0 Å². The quantitative estimate of drug-likeness (QED) is 0.477. The lowest BCUT2D eigenvalue weighted by molar-refractivity contribution is -0.149. The van der Waals surface area contributed by atoms with Gasteiger partial charge in [0.15, 0.2) is 0 Å². The van der Waals surface area contributed by atoms with E-state index < -0.39 is 24.0 Å². The Kier molecular flexibility index (Phi) is 5.90. The smallest absolute Gasteiger partial charge is 0.326 e. The predicted molar refractivity (Wildman–Crippen MR) is 129 cm³/mol. The number of carboxylic acid groups (broad SMARTS) is 1. The number of para-hydroxylation sites is 1. The number of amides is 2. The molecule has 4 aliphatic carbocycles. The number of carboxylic acids is 1. The minimum absolute atomic E-state index is 0.0250. The van der Waals surface area contributed by atoms with Gasteiger partial charge >= 0.3 is 5.97 Å². The van der Waals surface area contributed by atoms with Gasteiger partial charge in [0.05, 0.1) is 0 Å². The van der Waals surface area contributed by atoms with Crippen LogP contribution in [-0.4, -0.2) is 40.0 Å². The van der Waals surface area contributed by atoms with Crippen molar-refractivity contribution in [1.82, 2.24) is 15.6 Å². The largest absolute Gasteiger partial charge is 0.480 e. The second-order valence-corrected chi connectivity index (χ2v) is 11.4. The van der Waals surface area contributed by atoms with Crippen LogP contribution in [0.25, 0.3) is 10.9 Å². The number of hydrogen-bond donors (Lipinski definition) is 4. The number of benzene rings is 1. The molecule has 7 nitrogen and oxygen atoms in total. The molecule has 1 aromatic carbocycles. The number of fused-ring (bicyclic) bond motifs is 1. The molecule has 2 aromatic rings. The van der Waals surface area contributed by atoms with Crippen LogP contribution in [-0.2, 0) is 20.8 Å². The van der Waals surface area contributed by atoms with Gasteiger partial charge in [-0.15, -0.1) is 0 Å². The van der Waals surface area contributed by atoms with Crippen molar-refractivity contribution in [3.05, 3.63) is 36.0 Å². The van der Waals surface area contributed by atoms with E-state index in [9.17, 15) is 19.5 Å². The minimum Gasteiger partial charge on any atom is -0.480 e. The van der Waals surface area contributed by atoms with E-state index in [2.05, 4.69) is 15.6 Å². The molecule has 182 valence electrons. The monoisotopic (exact) mass is 465 g/mol. The highest BCUT2D eigenvalue weighted by Gasteiger charge is 2.55. The Balaban J connectivity index is 1.40. The van der Waals surface area contributed by atoms with Gasteiger partial charge < -0.3 is 20.7 Å². The highest BCUT2D eigenvalue weighted by Crippen LogP contribution is 2.60. The van der Waals surface area contributed by atoms with E-state index in [1.807, 2.05) is 30.5 Å². The van der Waals surface area contributed by atoms with Crippen LogP contribution in [0.5, 0.6) is 0 Å². The van der Waals surface area contributed by atoms with Gasteiger partial charge in [0.2, 0.25) is 11.8 Å². The topological polar surface area (TPSA) is 111 Å². The van der Waals surface area contributed by atoms with Crippen LogP contribution in [0, 0.1) is 29.1 Å². The molecule has 0 saturated heterocycles. The Hall–Kier alpha value is -2.83. The van der Waals surface area contributed by atoms with Crippen LogP contribution in [0.4, 0.5) is 0 Å². The van der Waals surface area contributed by atoms with Gasteiger partial charge in [0.1, 0.15) is 12.1 Å². The van der Waals surface area contributed by atoms with E-state index in [0.717, 1.165) is 35.7 Å². The average Bonchev–Trinajstić information content (AvgIpc) is 3.18. The summed E-state index contributed by atoms with van der Waals surface area (Å²) < 4.78 is 0. The molecular weight excluding hydrogens is 430 g/mol. The Morgan fingerprint density at radius 2 is 1.65 bits per heavy atom. The highest BCUT2D eigenvalue weighted by molar-refractivity contribution is 5.93. The van der Waals surface area contributed by atoms with Crippen LogP contribution >= 0.6 is 0 Å². The SMILES string of the molecule is CC(C)[C@@H](NC(=O)[C@@H](Cc1c[nH]c2ccccc12)NC(=O)C12CC3CC(CC(C3)C1)C2)C(=O)O. The maximum absolute atomic E-state index is 13.7. The number of hydrogen-bond acceptors (Lipinski definition) is 3. The summed E-state index contributed by atoms with van der Waals surface area (Å²) in [5, 5.41) is 16.4. The van der Waals surface area contributed by atoms with Gasteiger partial charge in [0.25, 0.3) is 0 Å². The summed E-state index contributed by atoms with van der Waals surface area (Å²) in [6, 6.07) is 6.02. The lowest BCUT2D eigenvalue weighted by Gasteiger charge is -2.55. The number of aromatic amines is 1. The molecule has 34 heavy (non-hydrogen) atoms. The maximum atomic E-state index is 13.7. The molecule has 0 spiro atoms. The summed E-state index contributed by atoms with van der Waals surface area (Å²) >= 11 is 0. The van der Waals surface area contributed by atoms with Crippen molar-refractivity contribution < 1.29 is 19.5 Å². The second-order valence-electron chi connectivity index (χ2n) is 11.4. The first-order chi connectivity index (χ1) is 16.2. The second kappa shape index (κ2) is 8.75. The molecule has 4 N–H and O–H groups in total. The van der Waals surface area contributed by atoms with Crippen molar-refractivity contribution in [3.63, 3.8) is 0 Å². The number of aromatic nitrogens is 1. The predicted octanol–water partition coefficient (Wildman–Crippen LogP) is 3.64. The first-order valence-electron chi connectivity index (χ1n) is 12.6. The lowest BCUT2D eigenvalue weighted by atomic mass is 9.49. The molecule has 4 aliphatic rings. The molecule has 0 unspecified atom stereocenters. The Labute approximate surface area is 200 Å². The van der Waals surface area contributed by atoms with E-state index in [4.69, 9.17) is 0 Å². The molecular formula is C27H35N3O4. The molecule has 2 amide bonds. The number of aliphatic carboxylic acids is 1. The number of nitrogens with one attached hydrogen (secondary N) is 3. The third-order valence-electron chi connectivity index (χ3n) is 8.47. The van der Waals surface area contributed by atoms with Crippen LogP contribution in [0.1, 0.15) is 57.9 Å². The van der Waals surface area contributed by atoms with Crippen molar-refractivity contribution >= 4 is 28.7 Å². The van der Waals surface area contributed by atoms with Crippen molar-refractivity contribution in [2.24, 2.45) is 29.1 Å². The summed E-state index contributed by atoms with van der Waals surface area (Å²) in [5.74, 6) is 0.0591. The molecule has 6 rings (SSSR count). The zero-order valence-electron chi connectivity index (χ0n) is 20.0. The summed E-state index contributed by atoms with van der Waals surface area (Å²) in [7, 11) is 0. The van der Waals surface area contributed by atoms with Gasteiger partial charge in [-0.2, -0.15) is 0 Å². The fraction of sp³-hybridized carbons (Fsp3) is 0.593. The molecule has 4 fully saturated rings. The Bertz CT molecular complexity index is 1070. The summed E-state index contributed by atoms with van der Waals surface area (Å²) in [5.41, 5.74) is 1.52. The van der Waals surface area contributed by atoms with Crippen molar-refractivity contribution in [1.29, 1.82) is 0 Å². The molecule has 4 saturated carbocycles. The molecule has 7 heteroatoms.